The van der Waals surface area contributed by atoms with Crippen molar-refractivity contribution in [3.63, 3.8) is 0 Å². The normalized spacial score (nSPS) is 12.1. The lowest BCUT2D eigenvalue weighted by atomic mass is 10.1. The van der Waals surface area contributed by atoms with Gasteiger partial charge in [-0.1, -0.05) is 0 Å². The minimum atomic E-state index is 0. The van der Waals surface area contributed by atoms with E-state index in [-0.39, 0.29) is 36.9 Å². The van der Waals surface area contributed by atoms with E-state index in [4.69, 9.17) is 20.6 Å². The standard InChI is InChI=1S/C23H28N4O2.2ClH/c1-13(2)26-22(24)15-6-8-19-17(10-15)12-21(29-19)18-11-16(7-9-20(18)28-5)23(25)27-14(3)4;;/h6-14H,1-5H3,(H2,24,26)(H2,25,27);2*1H. The van der Waals surface area contributed by atoms with Crippen LogP contribution < -0.4 is 16.2 Å². The maximum atomic E-state index is 6.15. The Hall–Kier alpha value is -2.70. The van der Waals surface area contributed by atoms with Crippen molar-refractivity contribution >= 4 is 47.5 Å². The molecule has 0 spiro atoms. The lowest BCUT2D eigenvalue weighted by Crippen LogP contribution is -2.15. The van der Waals surface area contributed by atoms with Crippen molar-refractivity contribution in [2.75, 3.05) is 7.11 Å². The van der Waals surface area contributed by atoms with E-state index in [9.17, 15) is 0 Å². The zero-order valence-corrected chi connectivity index (χ0v) is 20.0. The number of nitrogens with two attached hydrogens (primary N) is 2. The Morgan fingerprint density at radius 2 is 1.39 bits per heavy atom. The van der Waals surface area contributed by atoms with E-state index >= 15 is 0 Å². The van der Waals surface area contributed by atoms with Crippen molar-refractivity contribution < 1.29 is 9.15 Å². The van der Waals surface area contributed by atoms with Gasteiger partial charge in [-0.15, -0.1) is 24.8 Å². The van der Waals surface area contributed by atoms with Gasteiger partial charge >= 0.3 is 0 Å². The Kier molecular flexibility index (Phi) is 9.40. The first-order chi connectivity index (χ1) is 13.8. The first kappa shape index (κ1) is 26.3. The molecule has 0 aliphatic heterocycles. The van der Waals surface area contributed by atoms with Gasteiger partial charge in [0.2, 0.25) is 0 Å². The number of fused-ring (bicyclic) bond motifs is 1. The lowest BCUT2D eigenvalue weighted by Gasteiger charge is -2.09. The van der Waals surface area contributed by atoms with Gasteiger partial charge in [-0.25, -0.2) is 0 Å². The predicted octanol–water partition coefficient (Wildman–Crippen LogP) is 5.18. The number of hydrogen-bond donors (Lipinski definition) is 2. The molecular formula is C23H30Cl2N4O2. The molecule has 1 aromatic heterocycles. The number of benzene rings is 2. The Bertz CT molecular complexity index is 1090. The number of halogens is 2. The summed E-state index contributed by atoms with van der Waals surface area (Å²) in [4.78, 5) is 8.85. The van der Waals surface area contributed by atoms with Crippen LogP contribution in [0.1, 0.15) is 38.8 Å². The highest BCUT2D eigenvalue weighted by molar-refractivity contribution is 6.01. The van der Waals surface area contributed by atoms with Gasteiger partial charge < -0.3 is 20.6 Å². The summed E-state index contributed by atoms with van der Waals surface area (Å²) >= 11 is 0. The van der Waals surface area contributed by atoms with E-state index in [1.54, 1.807) is 7.11 Å². The quantitative estimate of drug-likeness (QED) is 0.387. The molecule has 0 fully saturated rings. The van der Waals surface area contributed by atoms with Gasteiger partial charge in [-0.05, 0) is 70.2 Å². The topological polar surface area (TPSA) is 99.1 Å². The molecule has 6 nitrogen and oxygen atoms in total. The van der Waals surface area contributed by atoms with E-state index in [1.807, 2.05) is 70.2 Å². The van der Waals surface area contributed by atoms with Crippen molar-refractivity contribution in [2.24, 2.45) is 21.5 Å². The second-order valence-corrected chi connectivity index (χ2v) is 7.49. The second-order valence-electron chi connectivity index (χ2n) is 7.49. The Morgan fingerprint density at radius 3 is 1.94 bits per heavy atom. The molecule has 0 atom stereocenters. The summed E-state index contributed by atoms with van der Waals surface area (Å²) in [5, 5.41) is 0.940. The van der Waals surface area contributed by atoms with Crippen LogP contribution in [0.5, 0.6) is 5.75 Å². The van der Waals surface area contributed by atoms with E-state index in [2.05, 4.69) is 9.98 Å². The van der Waals surface area contributed by atoms with Gasteiger partial charge in [-0.2, -0.15) is 0 Å². The van der Waals surface area contributed by atoms with Crippen LogP contribution in [0.3, 0.4) is 0 Å². The summed E-state index contributed by atoms with van der Waals surface area (Å²) in [6, 6.07) is 13.7. The molecule has 0 bridgehead atoms. The van der Waals surface area contributed by atoms with Crippen LogP contribution in [0.15, 0.2) is 56.9 Å². The molecule has 0 amide bonds. The van der Waals surface area contributed by atoms with Crippen molar-refractivity contribution in [3.05, 3.63) is 53.6 Å². The zero-order valence-electron chi connectivity index (χ0n) is 18.4. The highest BCUT2D eigenvalue weighted by Crippen LogP contribution is 2.35. The number of amidine groups is 2. The molecule has 4 N–H and O–H groups in total. The molecule has 3 aromatic rings. The number of aliphatic imine (C=N–C) groups is 2. The zero-order chi connectivity index (χ0) is 21.1. The first-order valence-electron chi connectivity index (χ1n) is 9.67. The van der Waals surface area contributed by atoms with E-state index in [0.29, 0.717) is 23.2 Å². The molecule has 0 radical (unpaired) electrons. The fourth-order valence-corrected chi connectivity index (χ4v) is 3.10. The molecule has 0 saturated heterocycles. The van der Waals surface area contributed by atoms with Crippen LogP contribution in [0, 0.1) is 0 Å². The lowest BCUT2D eigenvalue weighted by molar-refractivity contribution is 0.415. The highest BCUT2D eigenvalue weighted by Gasteiger charge is 2.14. The van der Waals surface area contributed by atoms with Crippen molar-refractivity contribution in [2.45, 2.75) is 39.8 Å². The molecule has 1 heterocycles. The fraction of sp³-hybridized carbons (Fsp3) is 0.304. The van der Waals surface area contributed by atoms with Crippen LogP contribution in [0.4, 0.5) is 0 Å². The molecule has 2 aromatic carbocycles. The number of ether oxygens (including phenoxy) is 1. The van der Waals surface area contributed by atoms with Crippen molar-refractivity contribution in [1.82, 2.24) is 0 Å². The summed E-state index contributed by atoms with van der Waals surface area (Å²) in [5.74, 6) is 2.39. The number of nitrogens with zero attached hydrogens (tertiary/aromatic N) is 2. The Labute approximate surface area is 195 Å². The third-order valence-corrected chi connectivity index (χ3v) is 4.37. The molecule has 0 unspecified atom stereocenters. The third kappa shape index (κ3) is 6.15. The largest absolute Gasteiger partial charge is 0.496 e. The monoisotopic (exact) mass is 464 g/mol. The number of furan rings is 1. The van der Waals surface area contributed by atoms with Crippen molar-refractivity contribution in [1.29, 1.82) is 0 Å². The molecule has 0 aliphatic rings. The van der Waals surface area contributed by atoms with Crippen molar-refractivity contribution in [3.8, 4) is 17.1 Å². The van der Waals surface area contributed by atoms with Crippen LogP contribution in [-0.2, 0) is 0 Å². The molecular weight excluding hydrogens is 435 g/mol. The van der Waals surface area contributed by atoms with E-state index in [0.717, 1.165) is 27.7 Å². The van der Waals surface area contributed by atoms with E-state index < -0.39 is 0 Å². The van der Waals surface area contributed by atoms with Crippen LogP contribution >= 0.6 is 24.8 Å². The average molecular weight is 465 g/mol. The number of rotatable bonds is 6. The summed E-state index contributed by atoms with van der Waals surface area (Å²) in [6.45, 7) is 7.97. The van der Waals surface area contributed by atoms with Gasteiger partial charge in [0.05, 0.1) is 12.7 Å². The molecule has 31 heavy (non-hydrogen) atoms. The molecule has 168 valence electrons. The molecule has 8 heteroatoms. The fourth-order valence-electron chi connectivity index (χ4n) is 3.10. The van der Waals surface area contributed by atoms with Crippen LogP contribution in [0.25, 0.3) is 22.3 Å². The van der Waals surface area contributed by atoms with Gasteiger partial charge in [0.1, 0.15) is 28.8 Å². The van der Waals surface area contributed by atoms with Gasteiger partial charge in [0, 0.05) is 28.6 Å². The maximum absolute atomic E-state index is 6.15. The summed E-state index contributed by atoms with van der Waals surface area (Å²) in [6.07, 6.45) is 0. The maximum Gasteiger partial charge on any atom is 0.139 e. The Balaban J connectivity index is 0.00000240. The average Bonchev–Trinajstić information content (AvgIpc) is 3.09. The smallest absolute Gasteiger partial charge is 0.139 e. The third-order valence-electron chi connectivity index (χ3n) is 4.37. The van der Waals surface area contributed by atoms with Gasteiger partial charge in [-0.3, -0.25) is 9.98 Å². The van der Waals surface area contributed by atoms with Gasteiger partial charge in [0.25, 0.3) is 0 Å². The van der Waals surface area contributed by atoms with Gasteiger partial charge in [0.15, 0.2) is 0 Å². The van der Waals surface area contributed by atoms with Crippen LogP contribution in [0.2, 0.25) is 0 Å². The SMILES string of the molecule is COc1ccc(C(N)=NC(C)C)cc1-c1cc2cc(C(N)=NC(C)C)ccc2o1.Cl.Cl. The highest BCUT2D eigenvalue weighted by atomic mass is 35.5. The first-order valence-corrected chi connectivity index (χ1v) is 9.67. The summed E-state index contributed by atoms with van der Waals surface area (Å²) < 4.78 is 11.6. The molecule has 0 aliphatic carbocycles. The summed E-state index contributed by atoms with van der Waals surface area (Å²) in [7, 11) is 1.63. The van der Waals surface area contributed by atoms with E-state index in [1.165, 1.54) is 0 Å². The number of hydrogen-bond acceptors (Lipinski definition) is 4. The van der Waals surface area contributed by atoms with Crippen LogP contribution in [-0.4, -0.2) is 30.9 Å². The summed E-state index contributed by atoms with van der Waals surface area (Å²) in [5.41, 5.74) is 15.5. The second kappa shape index (κ2) is 11.1. The molecule has 3 rings (SSSR count). The Morgan fingerprint density at radius 1 is 0.839 bits per heavy atom. The predicted molar refractivity (Wildman–Crippen MR) is 134 cm³/mol. The number of methoxy groups -OCH3 is 1. The minimum Gasteiger partial charge on any atom is -0.496 e. The minimum absolute atomic E-state index is 0. The molecule has 0 saturated carbocycles.